The smallest absolute Gasteiger partial charge is 0.226 e. The molecule has 0 atom stereocenters. The minimum atomic E-state index is 0.766. The number of rotatable bonds is 3. The summed E-state index contributed by atoms with van der Waals surface area (Å²) in [6.45, 7) is 4.24. The van der Waals surface area contributed by atoms with Crippen molar-refractivity contribution in [1.29, 1.82) is 0 Å². The van der Waals surface area contributed by atoms with Gasteiger partial charge in [-0.25, -0.2) is 9.97 Å². The summed E-state index contributed by atoms with van der Waals surface area (Å²) in [5, 5.41) is 0. The SMILES string of the molecule is CCc1cc(-c2cccc(N)c2)nc(N2CCCC2)n1. The van der Waals surface area contributed by atoms with Crippen LogP contribution in [0.5, 0.6) is 0 Å². The van der Waals surface area contributed by atoms with E-state index in [9.17, 15) is 0 Å². The Bertz CT molecular complexity index is 603. The number of aromatic nitrogens is 2. The summed E-state index contributed by atoms with van der Waals surface area (Å²) >= 11 is 0. The van der Waals surface area contributed by atoms with Crippen LogP contribution in [0.3, 0.4) is 0 Å². The molecular weight excluding hydrogens is 248 g/mol. The highest BCUT2D eigenvalue weighted by Crippen LogP contribution is 2.24. The van der Waals surface area contributed by atoms with E-state index in [2.05, 4.69) is 22.9 Å². The van der Waals surface area contributed by atoms with Crippen molar-refractivity contribution >= 4 is 11.6 Å². The second-order valence-electron chi connectivity index (χ2n) is 5.22. The molecule has 0 amide bonds. The number of nitrogens with two attached hydrogens (primary N) is 1. The van der Waals surface area contributed by atoms with E-state index in [0.29, 0.717) is 0 Å². The van der Waals surface area contributed by atoms with E-state index in [1.165, 1.54) is 12.8 Å². The van der Waals surface area contributed by atoms with Gasteiger partial charge in [0.15, 0.2) is 0 Å². The average Bonchev–Trinajstić information content (AvgIpc) is 3.01. The maximum Gasteiger partial charge on any atom is 0.226 e. The third kappa shape index (κ3) is 2.59. The number of hydrogen-bond acceptors (Lipinski definition) is 4. The first-order valence-electron chi connectivity index (χ1n) is 7.25. The van der Waals surface area contributed by atoms with E-state index >= 15 is 0 Å². The van der Waals surface area contributed by atoms with E-state index in [1.807, 2.05) is 24.3 Å². The maximum atomic E-state index is 5.87. The van der Waals surface area contributed by atoms with Crippen molar-refractivity contribution in [2.75, 3.05) is 23.7 Å². The van der Waals surface area contributed by atoms with Crippen molar-refractivity contribution in [2.45, 2.75) is 26.2 Å². The fraction of sp³-hybridized carbons (Fsp3) is 0.375. The Morgan fingerprint density at radius 1 is 1.15 bits per heavy atom. The van der Waals surface area contributed by atoms with Crippen LogP contribution < -0.4 is 10.6 Å². The Morgan fingerprint density at radius 2 is 1.95 bits per heavy atom. The van der Waals surface area contributed by atoms with Gasteiger partial charge in [-0.3, -0.25) is 0 Å². The zero-order valence-electron chi connectivity index (χ0n) is 11.8. The van der Waals surface area contributed by atoms with E-state index in [4.69, 9.17) is 10.7 Å². The molecule has 0 saturated carbocycles. The van der Waals surface area contributed by atoms with Crippen LogP contribution in [0.2, 0.25) is 0 Å². The summed E-state index contributed by atoms with van der Waals surface area (Å²) in [6, 6.07) is 9.94. The lowest BCUT2D eigenvalue weighted by Crippen LogP contribution is -2.21. The molecule has 0 aliphatic carbocycles. The van der Waals surface area contributed by atoms with Crippen LogP contribution in [0.4, 0.5) is 11.6 Å². The molecule has 0 radical (unpaired) electrons. The number of aryl methyl sites for hydroxylation is 1. The van der Waals surface area contributed by atoms with Gasteiger partial charge in [0.25, 0.3) is 0 Å². The molecule has 104 valence electrons. The van der Waals surface area contributed by atoms with Crippen LogP contribution in [0.25, 0.3) is 11.3 Å². The normalized spacial score (nSPS) is 14.8. The molecule has 4 nitrogen and oxygen atoms in total. The van der Waals surface area contributed by atoms with Crippen molar-refractivity contribution in [2.24, 2.45) is 0 Å². The first-order chi connectivity index (χ1) is 9.76. The van der Waals surface area contributed by atoms with Gasteiger partial charge in [-0.05, 0) is 37.5 Å². The summed E-state index contributed by atoms with van der Waals surface area (Å²) in [5.74, 6) is 0.860. The van der Waals surface area contributed by atoms with Crippen LogP contribution in [0, 0.1) is 0 Å². The molecule has 0 spiro atoms. The molecule has 2 N–H and O–H groups in total. The van der Waals surface area contributed by atoms with Gasteiger partial charge in [-0.15, -0.1) is 0 Å². The van der Waals surface area contributed by atoms with Crippen LogP contribution in [0.1, 0.15) is 25.5 Å². The summed E-state index contributed by atoms with van der Waals surface area (Å²) in [6.07, 6.45) is 3.37. The topological polar surface area (TPSA) is 55.0 Å². The lowest BCUT2D eigenvalue weighted by Gasteiger charge is -2.17. The van der Waals surface area contributed by atoms with Gasteiger partial charge in [-0.2, -0.15) is 0 Å². The molecule has 2 heterocycles. The minimum Gasteiger partial charge on any atom is -0.399 e. The van der Waals surface area contributed by atoms with Gasteiger partial charge in [0.05, 0.1) is 5.69 Å². The van der Waals surface area contributed by atoms with Crippen molar-refractivity contribution in [3.05, 3.63) is 36.0 Å². The lowest BCUT2D eigenvalue weighted by molar-refractivity contribution is 0.876. The molecule has 1 fully saturated rings. The Kier molecular flexibility index (Phi) is 3.54. The highest BCUT2D eigenvalue weighted by atomic mass is 15.3. The van der Waals surface area contributed by atoms with Gasteiger partial charge < -0.3 is 10.6 Å². The van der Waals surface area contributed by atoms with E-state index in [1.54, 1.807) is 0 Å². The third-order valence-corrected chi connectivity index (χ3v) is 3.70. The van der Waals surface area contributed by atoms with Gasteiger partial charge >= 0.3 is 0 Å². The third-order valence-electron chi connectivity index (χ3n) is 3.70. The van der Waals surface area contributed by atoms with Gasteiger partial charge in [0.1, 0.15) is 0 Å². The number of anilines is 2. The summed E-state index contributed by atoms with van der Waals surface area (Å²) in [7, 11) is 0. The van der Waals surface area contributed by atoms with Crippen LogP contribution in [-0.2, 0) is 6.42 Å². The quantitative estimate of drug-likeness (QED) is 0.870. The molecule has 3 rings (SSSR count). The number of hydrogen-bond donors (Lipinski definition) is 1. The second-order valence-corrected chi connectivity index (χ2v) is 5.22. The van der Waals surface area contributed by atoms with Gasteiger partial charge in [0.2, 0.25) is 5.95 Å². The molecule has 20 heavy (non-hydrogen) atoms. The molecular formula is C16H20N4. The second kappa shape index (κ2) is 5.49. The van der Waals surface area contributed by atoms with E-state index in [0.717, 1.165) is 48.1 Å². The van der Waals surface area contributed by atoms with Crippen molar-refractivity contribution in [1.82, 2.24) is 9.97 Å². The molecule has 1 aromatic carbocycles. The molecule has 1 aromatic heterocycles. The lowest BCUT2D eigenvalue weighted by atomic mass is 10.1. The highest BCUT2D eigenvalue weighted by molar-refractivity contribution is 5.65. The number of nitrogens with zero attached hydrogens (tertiary/aromatic N) is 3. The van der Waals surface area contributed by atoms with Gasteiger partial charge in [0, 0.05) is 30.0 Å². The molecule has 0 unspecified atom stereocenters. The maximum absolute atomic E-state index is 5.87. The first-order valence-corrected chi connectivity index (χ1v) is 7.25. The standard InChI is InChI=1S/C16H20N4/c1-2-14-11-15(12-6-5-7-13(17)10-12)19-16(18-14)20-8-3-4-9-20/h5-7,10-11H,2-4,8-9,17H2,1H3. The largest absolute Gasteiger partial charge is 0.399 e. The number of nitrogen functional groups attached to an aromatic ring is 1. The average molecular weight is 268 g/mol. The zero-order chi connectivity index (χ0) is 13.9. The van der Waals surface area contributed by atoms with E-state index < -0.39 is 0 Å². The summed E-state index contributed by atoms with van der Waals surface area (Å²) in [5.41, 5.74) is 9.74. The Balaban J connectivity index is 2.03. The Hall–Kier alpha value is -2.10. The van der Waals surface area contributed by atoms with E-state index in [-0.39, 0.29) is 0 Å². The minimum absolute atomic E-state index is 0.766. The predicted molar refractivity (Wildman–Crippen MR) is 82.7 cm³/mol. The monoisotopic (exact) mass is 268 g/mol. The molecule has 4 heteroatoms. The van der Waals surface area contributed by atoms with Crippen LogP contribution >= 0.6 is 0 Å². The van der Waals surface area contributed by atoms with Crippen molar-refractivity contribution in [3.63, 3.8) is 0 Å². The first kappa shape index (κ1) is 12.9. The molecule has 1 saturated heterocycles. The Labute approximate surface area is 119 Å². The van der Waals surface area contributed by atoms with Gasteiger partial charge in [-0.1, -0.05) is 19.1 Å². The zero-order valence-corrected chi connectivity index (χ0v) is 11.8. The van der Waals surface area contributed by atoms with Crippen LogP contribution in [-0.4, -0.2) is 23.1 Å². The molecule has 2 aromatic rings. The Morgan fingerprint density at radius 3 is 2.65 bits per heavy atom. The van der Waals surface area contributed by atoms with Crippen molar-refractivity contribution < 1.29 is 0 Å². The van der Waals surface area contributed by atoms with Crippen molar-refractivity contribution in [3.8, 4) is 11.3 Å². The molecule has 1 aliphatic heterocycles. The van der Waals surface area contributed by atoms with Crippen LogP contribution in [0.15, 0.2) is 30.3 Å². The molecule has 1 aliphatic rings. The number of benzene rings is 1. The fourth-order valence-electron chi connectivity index (χ4n) is 2.57. The summed E-state index contributed by atoms with van der Waals surface area (Å²) in [4.78, 5) is 11.7. The highest BCUT2D eigenvalue weighted by Gasteiger charge is 2.16. The summed E-state index contributed by atoms with van der Waals surface area (Å²) < 4.78 is 0. The fourth-order valence-corrected chi connectivity index (χ4v) is 2.57. The predicted octanol–water partition coefficient (Wildman–Crippen LogP) is 2.89. The molecule has 0 bridgehead atoms.